The Balaban J connectivity index is 1.50. The van der Waals surface area contributed by atoms with Crippen molar-refractivity contribution in [2.45, 2.75) is 172 Å². The van der Waals surface area contributed by atoms with Gasteiger partial charge in [0.1, 0.15) is 60.6 Å². The lowest BCUT2D eigenvalue weighted by molar-refractivity contribution is -0.373. The van der Waals surface area contributed by atoms with Gasteiger partial charge in [0.2, 0.25) is 0 Å². The van der Waals surface area contributed by atoms with Gasteiger partial charge in [-0.3, -0.25) is 0 Å². The highest BCUT2D eigenvalue weighted by atomic mass is 16.8. The molecule has 10 atom stereocenters. The van der Waals surface area contributed by atoms with Crippen molar-refractivity contribution in [2.24, 2.45) is 5.73 Å². The zero-order chi connectivity index (χ0) is 36.3. The Morgan fingerprint density at radius 3 is 1.74 bits per heavy atom. The molecule has 3 heterocycles. The van der Waals surface area contributed by atoms with Gasteiger partial charge >= 0.3 is 0 Å². The van der Waals surface area contributed by atoms with Crippen LogP contribution in [-0.4, -0.2) is 146 Å². The number of hydrogen-bond acceptors (Lipinski definition) is 15. The number of unbranched alkanes of at least 4 members (excludes halogenated alkanes) is 10. The van der Waals surface area contributed by atoms with Crippen molar-refractivity contribution in [1.82, 2.24) is 15.0 Å². The summed E-state index contributed by atoms with van der Waals surface area (Å²) >= 11 is 0. The average Bonchev–Trinajstić information content (AvgIpc) is 3.57. The van der Waals surface area contributed by atoms with E-state index in [4.69, 9.17) is 34.2 Å². The van der Waals surface area contributed by atoms with Gasteiger partial charge < -0.3 is 64.8 Å². The van der Waals surface area contributed by atoms with Gasteiger partial charge in [-0.2, -0.15) is 0 Å². The summed E-state index contributed by atoms with van der Waals surface area (Å²) in [5.74, 6) is 0. The van der Waals surface area contributed by atoms with Crippen LogP contribution < -0.4 is 5.73 Å². The standard InChI is InChI=1S/C34H64N4O12/c1-3-5-7-9-11-13-15-45-21-24(22-46-16-14-12-10-8-6-4-2)47-20-23-18-38(37-36-23)19-26-28(40)30(42)32(44)34(49-26)50-33-31(43)29(41)27(39)25(17-35)48-33/h18,24-34,39-44H,3-17,19-22,35H2,1-2H3/t25?,26?,27-,28-,29?,30?,31?,32?,33-,34-/m1/s1. The molecule has 0 bridgehead atoms. The first-order valence-corrected chi connectivity index (χ1v) is 18.6. The third-order valence-electron chi connectivity index (χ3n) is 9.15. The van der Waals surface area contributed by atoms with E-state index in [0.29, 0.717) is 32.1 Å². The molecule has 2 aliphatic rings. The predicted molar refractivity (Wildman–Crippen MR) is 180 cm³/mol. The van der Waals surface area contributed by atoms with Crippen LogP contribution in [0.25, 0.3) is 0 Å². The Morgan fingerprint density at radius 2 is 1.20 bits per heavy atom. The Labute approximate surface area is 296 Å². The van der Waals surface area contributed by atoms with Crippen LogP contribution in [0.5, 0.6) is 0 Å². The molecule has 2 fully saturated rings. The van der Waals surface area contributed by atoms with E-state index >= 15 is 0 Å². The van der Waals surface area contributed by atoms with E-state index in [1.165, 1.54) is 56.0 Å². The quantitative estimate of drug-likeness (QED) is 0.0646. The number of ether oxygens (including phenoxy) is 6. The third-order valence-corrected chi connectivity index (χ3v) is 9.15. The van der Waals surface area contributed by atoms with Crippen LogP contribution >= 0.6 is 0 Å². The topological polar surface area (TPSA) is 233 Å². The lowest BCUT2D eigenvalue weighted by atomic mass is 9.97. The molecule has 8 N–H and O–H groups in total. The molecule has 1 aromatic rings. The molecule has 292 valence electrons. The van der Waals surface area contributed by atoms with Crippen molar-refractivity contribution in [3.05, 3.63) is 11.9 Å². The first-order chi connectivity index (χ1) is 24.2. The summed E-state index contributed by atoms with van der Waals surface area (Å²) in [5, 5.41) is 70.6. The molecule has 0 spiro atoms. The van der Waals surface area contributed by atoms with E-state index in [2.05, 4.69) is 24.2 Å². The minimum absolute atomic E-state index is 0.0786. The van der Waals surface area contributed by atoms with Gasteiger partial charge in [0, 0.05) is 19.8 Å². The van der Waals surface area contributed by atoms with E-state index in [9.17, 15) is 30.6 Å². The van der Waals surface area contributed by atoms with Gasteiger partial charge in [-0.05, 0) is 12.8 Å². The molecule has 16 heteroatoms. The molecule has 0 radical (unpaired) electrons. The van der Waals surface area contributed by atoms with Gasteiger partial charge in [-0.1, -0.05) is 83.3 Å². The van der Waals surface area contributed by atoms with E-state index < -0.39 is 61.4 Å². The SMILES string of the molecule is CCCCCCCCOCC(COCCCCCCCC)OCc1cn(CC2O[C@H](O[C@H]3OC(CN)[C@@H](O)C(O)C3O)C(O)C(O)[C@@H]2O)nn1. The Bertz CT molecular complexity index is 989. The average molecular weight is 721 g/mol. The van der Waals surface area contributed by atoms with Crippen molar-refractivity contribution >= 4 is 0 Å². The largest absolute Gasteiger partial charge is 0.388 e. The summed E-state index contributed by atoms with van der Waals surface area (Å²) in [6, 6.07) is 0. The van der Waals surface area contributed by atoms with Crippen LogP contribution in [-0.2, 0) is 41.6 Å². The zero-order valence-electron chi connectivity index (χ0n) is 29.9. The lowest BCUT2D eigenvalue weighted by Gasteiger charge is -2.44. The molecule has 0 aliphatic carbocycles. The smallest absolute Gasteiger partial charge is 0.189 e. The number of hydrogen-bond donors (Lipinski definition) is 7. The molecule has 50 heavy (non-hydrogen) atoms. The summed E-state index contributed by atoms with van der Waals surface area (Å²) in [4.78, 5) is 0. The Morgan fingerprint density at radius 1 is 0.700 bits per heavy atom. The van der Waals surface area contributed by atoms with Crippen molar-refractivity contribution in [2.75, 3.05) is 33.0 Å². The van der Waals surface area contributed by atoms with Crippen molar-refractivity contribution in [3.8, 4) is 0 Å². The highest BCUT2D eigenvalue weighted by molar-refractivity contribution is 4.95. The fourth-order valence-corrected chi connectivity index (χ4v) is 5.96. The molecule has 1 aromatic heterocycles. The predicted octanol–water partition coefficient (Wildman–Crippen LogP) is 0.508. The van der Waals surface area contributed by atoms with E-state index in [0.717, 1.165) is 25.7 Å². The maximum atomic E-state index is 10.7. The van der Waals surface area contributed by atoms with Crippen molar-refractivity contribution < 1.29 is 59.1 Å². The second-order valence-electron chi connectivity index (χ2n) is 13.5. The van der Waals surface area contributed by atoms with Crippen LogP contribution in [0.2, 0.25) is 0 Å². The van der Waals surface area contributed by atoms with E-state index in [1.54, 1.807) is 6.20 Å². The number of aliphatic hydroxyl groups excluding tert-OH is 6. The zero-order valence-corrected chi connectivity index (χ0v) is 29.9. The minimum atomic E-state index is -1.72. The summed E-state index contributed by atoms with van der Waals surface area (Å²) in [7, 11) is 0. The van der Waals surface area contributed by atoms with E-state index in [-0.39, 0.29) is 25.8 Å². The number of nitrogens with two attached hydrogens (primary N) is 1. The molecular formula is C34H64N4O12. The summed E-state index contributed by atoms with van der Waals surface area (Å²) in [5.41, 5.74) is 6.10. The maximum absolute atomic E-state index is 10.7. The molecule has 0 saturated carbocycles. The maximum Gasteiger partial charge on any atom is 0.189 e. The van der Waals surface area contributed by atoms with Crippen LogP contribution in [0.4, 0.5) is 0 Å². The van der Waals surface area contributed by atoms with Crippen LogP contribution in [0.1, 0.15) is 96.6 Å². The molecule has 2 aliphatic heterocycles. The second kappa shape index (κ2) is 24.0. The fraction of sp³-hybridized carbons (Fsp3) is 0.941. The first-order valence-electron chi connectivity index (χ1n) is 18.6. The van der Waals surface area contributed by atoms with Crippen molar-refractivity contribution in [1.29, 1.82) is 0 Å². The number of nitrogens with zero attached hydrogens (tertiary/aromatic N) is 3. The molecule has 6 unspecified atom stereocenters. The van der Waals surface area contributed by atoms with Gasteiger partial charge in [0.05, 0.1) is 32.6 Å². The summed E-state index contributed by atoms with van der Waals surface area (Å²) in [6.45, 7) is 6.41. The molecular weight excluding hydrogens is 656 g/mol. The normalized spacial score (nSPS) is 30.4. The Kier molecular flexibility index (Phi) is 20.7. The fourth-order valence-electron chi connectivity index (χ4n) is 5.96. The minimum Gasteiger partial charge on any atom is -0.388 e. The van der Waals surface area contributed by atoms with Gasteiger partial charge in [0.15, 0.2) is 12.6 Å². The van der Waals surface area contributed by atoms with Crippen LogP contribution in [0.15, 0.2) is 6.20 Å². The number of rotatable bonds is 26. The van der Waals surface area contributed by atoms with E-state index in [1.807, 2.05) is 0 Å². The molecule has 16 nitrogen and oxygen atoms in total. The first kappa shape index (κ1) is 43.0. The van der Waals surface area contributed by atoms with Gasteiger partial charge in [0.25, 0.3) is 0 Å². The molecule has 3 rings (SSSR count). The molecule has 0 aromatic carbocycles. The highest BCUT2D eigenvalue weighted by Crippen LogP contribution is 2.28. The molecule has 0 amide bonds. The lowest BCUT2D eigenvalue weighted by Crippen LogP contribution is -2.64. The highest BCUT2D eigenvalue weighted by Gasteiger charge is 2.49. The number of aromatic nitrogens is 3. The second-order valence-corrected chi connectivity index (χ2v) is 13.5. The summed E-state index contributed by atoms with van der Waals surface area (Å²) in [6.07, 6.45) is 0.520. The van der Waals surface area contributed by atoms with Crippen LogP contribution in [0, 0.1) is 0 Å². The Hall–Kier alpha value is -1.38. The molecule has 2 saturated heterocycles. The summed E-state index contributed by atoms with van der Waals surface area (Å²) < 4.78 is 36.2. The monoisotopic (exact) mass is 720 g/mol. The van der Waals surface area contributed by atoms with Crippen molar-refractivity contribution in [3.63, 3.8) is 0 Å². The number of aliphatic hydroxyl groups is 6. The van der Waals surface area contributed by atoms with Gasteiger partial charge in [-0.25, -0.2) is 4.68 Å². The van der Waals surface area contributed by atoms with Crippen LogP contribution in [0.3, 0.4) is 0 Å². The van der Waals surface area contributed by atoms with Gasteiger partial charge in [-0.15, -0.1) is 5.10 Å². The third kappa shape index (κ3) is 14.2.